The van der Waals surface area contributed by atoms with E-state index in [9.17, 15) is 0 Å². The molecule has 0 amide bonds. The molecule has 84 valence electrons. The van der Waals surface area contributed by atoms with Crippen molar-refractivity contribution >= 4 is 11.0 Å². The minimum atomic E-state index is 0.863. The van der Waals surface area contributed by atoms with Crippen LogP contribution in [0.5, 0.6) is 0 Å². The van der Waals surface area contributed by atoms with Crippen LogP contribution in [-0.2, 0) is 6.42 Å². The van der Waals surface area contributed by atoms with Crippen molar-refractivity contribution < 1.29 is 0 Å². The van der Waals surface area contributed by atoms with E-state index in [0.717, 1.165) is 17.5 Å². The van der Waals surface area contributed by atoms with Gasteiger partial charge in [0.15, 0.2) is 5.65 Å². The van der Waals surface area contributed by atoms with Gasteiger partial charge in [0.2, 0.25) is 0 Å². The Morgan fingerprint density at radius 3 is 2.40 bits per heavy atom. The van der Waals surface area contributed by atoms with Gasteiger partial charge in [-0.15, -0.1) is 0 Å². The number of rotatable bonds is 1. The third-order valence-electron chi connectivity index (χ3n) is 1.76. The van der Waals surface area contributed by atoms with Crippen molar-refractivity contribution in [2.75, 3.05) is 0 Å². The first-order valence-electron chi connectivity index (χ1n) is 5.68. The summed E-state index contributed by atoms with van der Waals surface area (Å²) in [7, 11) is 0. The Labute approximate surface area is 91.9 Å². The number of H-pyrrole nitrogens is 1. The highest BCUT2D eigenvalue weighted by atomic mass is 15.1. The van der Waals surface area contributed by atoms with Gasteiger partial charge in [-0.3, -0.25) is 5.10 Å². The summed E-state index contributed by atoms with van der Waals surface area (Å²) in [4.78, 5) is 4.19. The smallest absolute Gasteiger partial charge is 0.155 e. The van der Waals surface area contributed by atoms with Crippen LogP contribution in [0.15, 0.2) is 18.5 Å². The maximum Gasteiger partial charge on any atom is 0.155 e. The molecule has 0 aromatic carbocycles. The van der Waals surface area contributed by atoms with Crippen LogP contribution >= 0.6 is 0 Å². The van der Waals surface area contributed by atoms with Crippen LogP contribution in [0.1, 0.15) is 40.2 Å². The van der Waals surface area contributed by atoms with Gasteiger partial charge in [-0.2, -0.15) is 5.10 Å². The molecule has 3 heteroatoms. The van der Waals surface area contributed by atoms with Crippen LogP contribution in [0.3, 0.4) is 0 Å². The van der Waals surface area contributed by atoms with Crippen LogP contribution in [0.4, 0.5) is 0 Å². The molecule has 0 radical (unpaired) electrons. The van der Waals surface area contributed by atoms with E-state index in [1.165, 1.54) is 5.56 Å². The third kappa shape index (κ3) is 3.70. The molecule has 0 aliphatic rings. The Morgan fingerprint density at radius 1 is 1.13 bits per heavy atom. The van der Waals surface area contributed by atoms with Gasteiger partial charge in [-0.05, 0) is 18.1 Å². The summed E-state index contributed by atoms with van der Waals surface area (Å²) in [5, 5.41) is 7.79. The van der Waals surface area contributed by atoms with E-state index < -0.39 is 0 Å². The minimum Gasteiger partial charge on any atom is -0.261 e. The Balaban J connectivity index is 0.000000442. The van der Waals surface area contributed by atoms with Gasteiger partial charge in [-0.25, -0.2) is 4.98 Å². The van der Waals surface area contributed by atoms with Gasteiger partial charge >= 0.3 is 0 Å². The molecule has 0 atom stereocenters. The lowest BCUT2D eigenvalue weighted by Crippen LogP contribution is -1.82. The van der Waals surface area contributed by atoms with E-state index >= 15 is 0 Å². The van der Waals surface area contributed by atoms with Crippen LogP contribution in [0.25, 0.3) is 11.0 Å². The zero-order valence-electron chi connectivity index (χ0n) is 10.3. The molecule has 3 nitrogen and oxygen atoms in total. The second kappa shape index (κ2) is 7.97. The highest BCUT2D eigenvalue weighted by molar-refractivity contribution is 5.73. The maximum absolute atomic E-state index is 4.19. The predicted molar refractivity (Wildman–Crippen MR) is 66.0 cm³/mol. The topological polar surface area (TPSA) is 41.6 Å². The first kappa shape index (κ1) is 13.6. The number of aromatic amines is 1. The molecule has 0 saturated carbocycles. The number of hydrogen-bond donors (Lipinski definition) is 1. The molecule has 2 aromatic heterocycles. The number of hydrogen-bond acceptors (Lipinski definition) is 2. The molecular formula is C12H21N3. The zero-order chi connectivity index (χ0) is 11.7. The van der Waals surface area contributed by atoms with Crippen molar-refractivity contribution in [2.24, 2.45) is 0 Å². The first-order chi connectivity index (χ1) is 7.40. The van der Waals surface area contributed by atoms with Crippen molar-refractivity contribution in [1.82, 2.24) is 15.2 Å². The highest BCUT2D eigenvalue weighted by Crippen LogP contribution is 2.09. The number of fused-ring (bicyclic) bond motifs is 1. The molecule has 0 unspecified atom stereocenters. The Morgan fingerprint density at radius 2 is 1.80 bits per heavy atom. The second-order valence-electron chi connectivity index (χ2n) is 2.50. The number of aromatic nitrogens is 3. The van der Waals surface area contributed by atoms with Crippen LogP contribution in [-0.4, -0.2) is 15.2 Å². The molecule has 15 heavy (non-hydrogen) atoms. The lowest BCUT2D eigenvalue weighted by molar-refractivity contribution is 1.08. The zero-order valence-corrected chi connectivity index (χ0v) is 10.3. The molecular weight excluding hydrogens is 186 g/mol. The molecule has 1 N–H and O–H groups in total. The van der Waals surface area contributed by atoms with Crippen molar-refractivity contribution in [2.45, 2.75) is 41.0 Å². The van der Waals surface area contributed by atoms with Crippen molar-refractivity contribution in [3.63, 3.8) is 0 Å². The molecule has 0 fully saturated rings. The van der Waals surface area contributed by atoms with Crippen molar-refractivity contribution in [3.8, 4) is 0 Å². The van der Waals surface area contributed by atoms with Crippen LogP contribution in [0, 0.1) is 0 Å². The van der Waals surface area contributed by atoms with Gasteiger partial charge in [-0.1, -0.05) is 34.6 Å². The molecule has 2 rings (SSSR count). The number of nitrogens with zero attached hydrogens (tertiary/aromatic N) is 2. The monoisotopic (exact) mass is 207 g/mol. The SMILES string of the molecule is CC.CC.CCc1cnc2[nH]ncc2c1. The van der Waals surface area contributed by atoms with Gasteiger partial charge in [0.05, 0.1) is 6.20 Å². The highest BCUT2D eigenvalue weighted by Gasteiger charge is 1.96. The quantitative estimate of drug-likeness (QED) is 0.776. The molecule has 0 saturated heterocycles. The molecule has 0 aliphatic carbocycles. The average molecular weight is 207 g/mol. The number of pyridine rings is 1. The van der Waals surface area contributed by atoms with E-state index in [4.69, 9.17) is 0 Å². The van der Waals surface area contributed by atoms with Crippen molar-refractivity contribution in [3.05, 3.63) is 24.0 Å². The fourth-order valence-electron chi connectivity index (χ4n) is 1.08. The molecule has 0 bridgehead atoms. The standard InChI is InChI=1S/C8H9N3.2C2H6/c1-2-6-3-7-5-10-11-8(7)9-4-6;2*1-2/h3-5H,2H2,1H3,(H,9,10,11);2*1-2H3. The fraction of sp³-hybridized carbons (Fsp3) is 0.500. The van der Waals surface area contributed by atoms with Gasteiger partial charge in [0, 0.05) is 11.6 Å². The predicted octanol–water partition coefficient (Wildman–Crippen LogP) is 3.57. The molecule has 0 spiro atoms. The van der Waals surface area contributed by atoms with Crippen LogP contribution < -0.4 is 0 Å². The van der Waals surface area contributed by atoms with E-state index in [1.807, 2.05) is 33.9 Å². The average Bonchev–Trinajstić information content (AvgIpc) is 2.81. The lowest BCUT2D eigenvalue weighted by Gasteiger charge is -1.93. The number of aryl methyl sites for hydroxylation is 1. The Kier molecular flexibility index (Phi) is 7.24. The Bertz CT molecular complexity index is 366. The van der Waals surface area contributed by atoms with E-state index in [2.05, 4.69) is 28.2 Å². The Hall–Kier alpha value is -1.38. The van der Waals surface area contributed by atoms with E-state index in [1.54, 1.807) is 6.20 Å². The summed E-state index contributed by atoms with van der Waals surface area (Å²) in [5.74, 6) is 0. The second-order valence-corrected chi connectivity index (χ2v) is 2.50. The summed E-state index contributed by atoms with van der Waals surface area (Å²) >= 11 is 0. The van der Waals surface area contributed by atoms with Gasteiger partial charge < -0.3 is 0 Å². The summed E-state index contributed by atoms with van der Waals surface area (Å²) in [6.45, 7) is 10.1. The lowest BCUT2D eigenvalue weighted by atomic mass is 10.2. The normalized spacial score (nSPS) is 8.60. The summed E-state index contributed by atoms with van der Waals surface area (Å²) in [6.07, 6.45) is 4.69. The fourth-order valence-corrected chi connectivity index (χ4v) is 1.08. The first-order valence-corrected chi connectivity index (χ1v) is 5.68. The largest absolute Gasteiger partial charge is 0.261 e. The van der Waals surface area contributed by atoms with Gasteiger partial charge in [0.1, 0.15) is 0 Å². The summed E-state index contributed by atoms with van der Waals surface area (Å²) < 4.78 is 0. The van der Waals surface area contributed by atoms with Crippen molar-refractivity contribution in [1.29, 1.82) is 0 Å². The van der Waals surface area contributed by atoms with E-state index in [-0.39, 0.29) is 0 Å². The molecule has 2 heterocycles. The summed E-state index contributed by atoms with van der Waals surface area (Å²) in [5.41, 5.74) is 2.11. The van der Waals surface area contributed by atoms with Gasteiger partial charge in [0.25, 0.3) is 0 Å². The molecule has 2 aromatic rings. The third-order valence-corrected chi connectivity index (χ3v) is 1.76. The maximum atomic E-state index is 4.19. The minimum absolute atomic E-state index is 0.863. The summed E-state index contributed by atoms with van der Waals surface area (Å²) in [6, 6.07) is 2.10. The number of nitrogens with one attached hydrogen (secondary N) is 1. The molecule has 0 aliphatic heterocycles. The van der Waals surface area contributed by atoms with Crippen LogP contribution in [0.2, 0.25) is 0 Å². The van der Waals surface area contributed by atoms with E-state index in [0.29, 0.717) is 0 Å².